The van der Waals surface area contributed by atoms with Crippen molar-refractivity contribution in [1.82, 2.24) is 0 Å². The molecule has 0 fully saturated rings. The largest absolute Gasteiger partial charge is 0.378 e. The Morgan fingerprint density at radius 3 is 2.70 bits per heavy atom. The third-order valence-electron chi connectivity index (χ3n) is 7.06. The lowest BCUT2D eigenvalue weighted by Gasteiger charge is -2.39. The number of allylic oxidation sites excluding steroid dienone is 2. The van der Waals surface area contributed by atoms with Gasteiger partial charge in [0.25, 0.3) is 0 Å². The number of hydrogen-bond donors (Lipinski definition) is 1. The first kappa shape index (κ1) is 15.5. The predicted octanol–water partition coefficient (Wildman–Crippen LogP) is 6.38. The van der Waals surface area contributed by atoms with Gasteiger partial charge in [0.2, 0.25) is 0 Å². The van der Waals surface area contributed by atoms with Crippen LogP contribution in [0.1, 0.15) is 51.8 Å². The van der Waals surface area contributed by atoms with Gasteiger partial charge in [0, 0.05) is 11.6 Å². The fourth-order valence-corrected chi connectivity index (χ4v) is 5.99. The van der Waals surface area contributed by atoms with Crippen molar-refractivity contribution in [3.05, 3.63) is 88.0 Å². The molecule has 134 valence electrons. The van der Waals surface area contributed by atoms with Crippen LogP contribution in [-0.2, 0) is 12.8 Å². The van der Waals surface area contributed by atoms with E-state index in [2.05, 4.69) is 73.8 Å². The number of anilines is 1. The molecule has 0 amide bonds. The van der Waals surface area contributed by atoms with Crippen LogP contribution >= 0.6 is 0 Å². The highest BCUT2D eigenvalue weighted by atomic mass is 15.0. The SMILES string of the molecule is Cc1cc(C)c2c(c1)N[C@@H](c1ccc3c4c(cccc14)CC3)[C@H]1CC=C[C@@H]21. The Bertz CT molecular complexity index is 1110. The molecule has 1 heterocycles. The molecule has 3 aromatic carbocycles. The Morgan fingerprint density at radius 2 is 1.81 bits per heavy atom. The molecular weight excluding hydrogens is 326 g/mol. The summed E-state index contributed by atoms with van der Waals surface area (Å²) >= 11 is 0. The highest BCUT2D eigenvalue weighted by molar-refractivity contribution is 5.94. The molecule has 3 aromatic rings. The van der Waals surface area contributed by atoms with E-state index in [0.717, 1.165) is 6.42 Å². The Labute approximate surface area is 161 Å². The van der Waals surface area contributed by atoms with E-state index in [4.69, 9.17) is 0 Å². The minimum atomic E-state index is 0.378. The van der Waals surface area contributed by atoms with E-state index in [0.29, 0.717) is 17.9 Å². The lowest BCUT2D eigenvalue weighted by atomic mass is 9.74. The van der Waals surface area contributed by atoms with Gasteiger partial charge in [0.1, 0.15) is 0 Å². The second kappa shape index (κ2) is 5.48. The fraction of sp³-hybridized carbons (Fsp3) is 0.308. The van der Waals surface area contributed by atoms with Crippen molar-refractivity contribution in [3.8, 4) is 0 Å². The molecule has 1 heteroatoms. The topological polar surface area (TPSA) is 12.0 Å². The number of rotatable bonds is 1. The number of hydrogen-bond acceptors (Lipinski definition) is 1. The molecule has 6 rings (SSSR count). The van der Waals surface area contributed by atoms with Crippen LogP contribution < -0.4 is 5.32 Å². The summed E-state index contributed by atoms with van der Waals surface area (Å²) in [6.45, 7) is 4.48. The molecule has 0 spiro atoms. The van der Waals surface area contributed by atoms with Crippen molar-refractivity contribution in [3.63, 3.8) is 0 Å². The molecule has 1 N–H and O–H groups in total. The number of benzene rings is 3. The van der Waals surface area contributed by atoms with Gasteiger partial charge in [-0.1, -0.05) is 48.6 Å². The second-order valence-electron chi connectivity index (χ2n) is 8.67. The molecule has 0 saturated heterocycles. The maximum absolute atomic E-state index is 3.98. The molecular formula is C26H25N. The van der Waals surface area contributed by atoms with Crippen LogP contribution in [0, 0.1) is 19.8 Å². The zero-order chi connectivity index (χ0) is 18.1. The normalized spacial score (nSPS) is 24.7. The van der Waals surface area contributed by atoms with E-state index in [1.807, 2.05) is 0 Å². The number of nitrogens with one attached hydrogen (secondary N) is 1. The van der Waals surface area contributed by atoms with Crippen LogP contribution in [0.2, 0.25) is 0 Å². The molecule has 1 aliphatic heterocycles. The number of aryl methyl sites for hydroxylation is 4. The lowest BCUT2D eigenvalue weighted by Crippen LogP contribution is -2.30. The molecule has 0 unspecified atom stereocenters. The summed E-state index contributed by atoms with van der Waals surface area (Å²) in [5.74, 6) is 1.15. The molecule has 3 aliphatic rings. The second-order valence-corrected chi connectivity index (χ2v) is 8.67. The summed E-state index contributed by atoms with van der Waals surface area (Å²) in [4.78, 5) is 0. The summed E-state index contributed by atoms with van der Waals surface area (Å²) in [5, 5.41) is 6.98. The first-order valence-corrected chi connectivity index (χ1v) is 10.3. The first-order valence-electron chi connectivity index (χ1n) is 10.3. The van der Waals surface area contributed by atoms with Crippen molar-refractivity contribution >= 4 is 16.5 Å². The van der Waals surface area contributed by atoms with Gasteiger partial charge in [-0.2, -0.15) is 0 Å². The fourth-order valence-electron chi connectivity index (χ4n) is 5.99. The van der Waals surface area contributed by atoms with Gasteiger partial charge in [-0.25, -0.2) is 0 Å². The molecule has 27 heavy (non-hydrogen) atoms. The van der Waals surface area contributed by atoms with Crippen molar-refractivity contribution < 1.29 is 0 Å². The zero-order valence-electron chi connectivity index (χ0n) is 16.0. The quantitative estimate of drug-likeness (QED) is 0.501. The van der Waals surface area contributed by atoms with E-state index >= 15 is 0 Å². The lowest BCUT2D eigenvalue weighted by molar-refractivity contribution is 0.426. The molecule has 0 bridgehead atoms. The van der Waals surface area contributed by atoms with Crippen molar-refractivity contribution in [2.24, 2.45) is 5.92 Å². The van der Waals surface area contributed by atoms with Crippen LogP contribution in [0.25, 0.3) is 10.8 Å². The molecule has 0 saturated carbocycles. The summed E-state index contributed by atoms with van der Waals surface area (Å²) in [7, 11) is 0. The van der Waals surface area contributed by atoms with Crippen LogP contribution in [0.3, 0.4) is 0 Å². The van der Waals surface area contributed by atoms with Crippen molar-refractivity contribution in [2.45, 2.75) is 45.1 Å². The zero-order valence-corrected chi connectivity index (χ0v) is 16.0. The highest BCUT2D eigenvalue weighted by Gasteiger charge is 2.39. The Morgan fingerprint density at radius 1 is 0.963 bits per heavy atom. The standard InChI is InChI=1S/C26H25N/c1-15-13-16(2)24-19-7-4-8-21(19)26(27-23(24)14-15)22-12-11-18-10-9-17-5-3-6-20(22)25(17)18/h3-7,11-14,19,21,26-27H,8-10H2,1-2H3/t19-,21+,26-/m1/s1. The summed E-state index contributed by atoms with van der Waals surface area (Å²) in [6, 6.07) is 16.8. The summed E-state index contributed by atoms with van der Waals surface area (Å²) < 4.78 is 0. The predicted molar refractivity (Wildman–Crippen MR) is 114 cm³/mol. The maximum Gasteiger partial charge on any atom is 0.0560 e. The summed E-state index contributed by atoms with van der Waals surface area (Å²) in [6.07, 6.45) is 8.42. The molecule has 0 radical (unpaired) electrons. The molecule has 0 aromatic heterocycles. The van der Waals surface area contributed by atoms with Gasteiger partial charge in [0.05, 0.1) is 6.04 Å². The van der Waals surface area contributed by atoms with Crippen molar-refractivity contribution in [2.75, 3.05) is 5.32 Å². The van der Waals surface area contributed by atoms with Gasteiger partial charge in [0.15, 0.2) is 0 Å². The monoisotopic (exact) mass is 351 g/mol. The highest BCUT2D eigenvalue weighted by Crippen LogP contribution is 2.52. The minimum Gasteiger partial charge on any atom is -0.378 e. The van der Waals surface area contributed by atoms with Gasteiger partial charge in [-0.3, -0.25) is 0 Å². The van der Waals surface area contributed by atoms with E-state index in [1.165, 1.54) is 62.7 Å². The molecule has 2 aliphatic carbocycles. The van der Waals surface area contributed by atoms with Gasteiger partial charge < -0.3 is 5.32 Å². The van der Waals surface area contributed by atoms with Crippen molar-refractivity contribution in [1.29, 1.82) is 0 Å². The van der Waals surface area contributed by atoms with Gasteiger partial charge in [-0.05, 0) is 89.2 Å². The average molecular weight is 351 g/mol. The Hall–Kier alpha value is -2.54. The van der Waals surface area contributed by atoms with Crippen LogP contribution in [0.4, 0.5) is 5.69 Å². The van der Waals surface area contributed by atoms with Gasteiger partial charge in [-0.15, -0.1) is 0 Å². The molecule has 1 nitrogen and oxygen atoms in total. The van der Waals surface area contributed by atoms with E-state index < -0.39 is 0 Å². The first-order chi connectivity index (χ1) is 13.2. The van der Waals surface area contributed by atoms with E-state index in [9.17, 15) is 0 Å². The summed E-state index contributed by atoms with van der Waals surface area (Å²) in [5.41, 5.74) is 10.2. The van der Waals surface area contributed by atoms with E-state index in [-0.39, 0.29) is 0 Å². The average Bonchev–Trinajstić information content (AvgIpc) is 3.29. The smallest absolute Gasteiger partial charge is 0.0560 e. The van der Waals surface area contributed by atoms with Crippen LogP contribution in [-0.4, -0.2) is 0 Å². The van der Waals surface area contributed by atoms with Crippen LogP contribution in [0.5, 0.6) is 0 Å². The van der Waals surface area contributed by atoms with Crippen LogP contribution in [0.15, 0.2) is 54.6 Å². The number of fused-ring (bicyclic) bond motifs is 3. The van der Waals surface area contributed by atoms with Gasteiger partial charge >= 0.3 is 0 Å². The molecule has 3 atom stereocenters. The minimum absolute atomic E-state index is 0.378. The Kier molecular flexibility index (Phi) is 3.15. The third kappa shape index (κ3) is 2.12. The Balaban J connectivity index is 1.56. The van der Waals surface area contributed by atoms with E-state index in [1.54, 1.807) is 0 Å². The third-order valence-corrected chi connectivity index (χ3v) is 7.06. The maximum atomic E-state index is 3.98.